The summed E-state index contributed by atoms with van der Waals surface area (Å²) in [6.07, 6.45) is 0.731. The fourth-order valence-corrected chi connectivity index (χ4v) is 5.65. The Labute approximate surface area is 184 Å². The molecule has 3 rings (SSSR count). The standard InChI is InChI=1S/C20H24FN3O5S2/c1-3-15-12-17(20(26)29-2)19(30-15)22-18(25)13-23-8-10-24(11-9-23)31(27,28)16-6-4-14(21)5-7-16/h4-7,12H,3,8-11,13H2,1-2H3,(H,22,25). The first-order valence-electron chi connectivity index (χ1n) is 9.73. The molecule has 1 amide bonds. The zero-order valence-corrected chi connectivity index (χ0v) is 18.9. The molecular formula is C20H24FN3O5S2. The maximum absolute atomic E-state index is 13.1. The number of methoxy groups -OCH3 is 1. The SMILES string of the molecule is CCc1cc(C(=O)OC)c(NC(=O)CN2CCN(S(=O)(=O)c3ccc(F)cc3)CC2)s1. The summed E-state index contributed by atoms with van der Waals surface area (Å²) in [5.74, 6) is -1.29. The zero-order valence-electron chi connectivity index (χ0n) is 17.3. The van der Waals surface area contributed by atoms with Crippen LogP contribution in [-0.4, -0.2) is 69.3 Å². The number of nitrogens with one attached hydrogen (secondary N) is 1. The average molecular weight is 470 g/mol. The number of benzene rings is 1. The molecule has 0 atom stereocenters. The number of carbonyl (C=O) groups is 2. The van der Waals surface area contributed by atoms with E-state index in [0.717, 1.165) is 23.4 Å². The Morgan fingerprint density at radius 2 is 1.81 bits per heavy atom. The molecule has 0 radical (unpaired) electrons. The predicted octanol–water partition coefficient (Wildman–Crippen LogP) is 2.18. The van der Waals surface area contributed by atoms with Crippen molar-refractivity contribution in [3.8, 4) is 0 Å². The van der Waals surface area contributed by atoms with E-state index in [-0.39, 0.29) is 30.4 Å². The number of rotatable bonds is 7. The van der Waals surface area contributed by atoms with Crippen LogP contribution in [0.25, 0.3) is 0 Å². The van der Waals surface area contributed by atoms with Gasteiger partial charge in [-0.2, -0.15) is 4.31 Å². The van der Waals surface area contributed by atoms with E-state index in [0.29, 0.717) is 23.7 Å². The lowest BCUT2D eigenvalue weighted by Gasteiger charge is -2.33. The summed E-state index contributed by atoms with van der Waals surface area (Å²) in [6.45, 7) is 3.23. The minimum atomic E-state index is -3.71. The molecule has 0 bridgehead atoms. The summed E-state index contributed by atoms with van der Waals surface area (Å²) >= 11 is 1.33. The molecule has 31 heavy (non-hydrogen) atoms. The lowest BCUT2D eigenvalue weighted by Crippen LogP contribution is -2.50. The second kappa shape index (κ2) is 9.86. The van der Waals surface area contributed by atoms with E-state index < -0.39 is 21.8 Å². The highest BCUT2D eigenvalue weighted by molar-refractivity contribution is 7.89. The molecule has 8 nitrogen and oxygen atoms in total. The Kier molecular flexibility index (Phi) is 7.42. The van der Waals surface area contributed by atoms with E-state index in [1.807, 2.05) is 11.8 Å². The maximum atomic E-state index is 13.1. The number of esters is 1. The molecular weight excluding hydrogens is 445 g/mol. The van der Waals surface area contributed by atoms with Crippen molar-refractivity contribution in [1.82, 2.24) is 9.21 Å². The lowest BCUT2D eigenvalue weighted by molar-refractivity contribution is -0.117. The van der Waals surface area contributed by atoms with Crippen LogP contribution in [0.5, 0.6) is 0 Å². The zero-order chi connectivity index (χ0) is 22.6. The van der Waals surface area contributed by atoms with Gasteiger partial charge in [-0.1, -0.05) is 6.92 Å². The number of nitrogens with zero attached hydrogens (tertiary/aromatic N) is 2. The third-order valence-corrected chi connectivity index (χ3v) is 8.05. The first kappa shape index (κ1) is 23.3. The van der Waals surface area contributed by atoms with Gasteiger partial charge in [0.2, 0.25) is 15.9 Å². The number of halogens is 1. The first-order valence-corrected chi connectivity index (χ1v) is 12.0. The summed E-state index contributed by atoms with van der Waals surface area (Å²) in [6, 6.07) is 6.43. The van der Waals surface area contributed by atoms with Crippen LogP contribution in [-0.2, 0) is 26.0 Å². The number of thiophene rings is 1. The molecule has 0 spiro atoms. The van der Waals surface area contributed by atoms with Gasteiger partial charge < -0.3 is 10.1 Å². The van der Waals surface area contributed by atoms with Crippen LogP contribution in [0.3, 0.4) is 0 Å². The second-order valence-electron chi connectivity index (χ2n) is 6.98. The Balaban J connectivity index is 1.58. The van der Waals surface area contributed by atoms with Gasteiger partial charge in [-0.25, -0.2) is 17.6 Å². The maximum Gasteiger partial charge on any atom is 0.340 e. The molecule has 0 unspecified atom stereocenters. The number of amides is 1. The highest BCUT2D eigenvalue weighted by Gasteiger charge is 2.29. The largest absolute Gasteiger partial charge is 0.465 e. The fraction of sp³-hybridized carbons (Fsp3) is 0.400. The number of piperazine rings is 1. The van der Waals surface area contributed by atoms with E-state index in [1.54, 1.807) is 6.07 Å². The number of sulfonamides is 1. The van der Waals surface area contributed by atoms with Gasteiger partial charge in [0.15, 0.2) is 0 Å². The summed E-state index contributed by atoms with van der Waals surface area (Å²) in [5, 5.41) is 3.22. The van der Waals surface area contributed by atoms with Gasteiger partial charge in [-0.05, 0) is 36.8 Å². The number of aryl methyl sites for hydroxylation is 1. The van der Waals surface area contributed by atoms with Crippen LogP contribution >= 0.6 is 11.3 Å². The molecule has 11 heteroatoms. The van der Waals surface area contributed by atoms with E-state index >= 15 is 0 Å². The second-order valence-corrected chi connectivity index (χ2v) is 10.1. The number of ether oxygens (including phenoxy) is 1. The molecule has 1 N–H and O–H groups in total. The molecule has 1 saturated heterocycles. The van der Waals surface area contributed by atoms with Crippen LogP contribution < -0.4 is 5.32 Å². The van der Waals surface area contributed by atoms with Crippen LogP contribution in [0, 0.1) is 5.82 Å². The van der Waals surface area contributed by atoms with Crippen LogP contribution in [0.1, 0.15) is 22.2 Å². The van der Waals surface area contributed by atoms with Crippen molar-refractivity contribution in [2.75, 3.05) is 45.2 Å². The lowest BCUT2D eigenvalue weighted by atomic mass is 10.2. The van der Waals surface area contributed by atoms with Gasteiger partial charge in [-0.15, -0.1) is 11.3 Å². The van der Waals surface area contributed by atoms with Gasteiger partial charge in [0.25, 0.3) is 0 Å². The molecule has 1 fully saturated rings. The topological polar surface area (TPSA) is 96.0 Å². The predicted molar refractivity (Wildman–Crippen MR) is 115 cm³/mol. The van der Waals surface area contributed by atoms with Crippen molar-refractivity contribution < 1.29 is 27.1 Å². The van der Waals surface area contributed by atoms with Crippen molar-refractivity contribution in [2.45, 2.75) is 18.2 Å². The highest BCUT2D eigenvalue weighted by Crippen LogP contribution is 2.29. The molecule has 1 aromatic carbocycles. The molecule has 2 heterocycles. The minimum absolute atomic E-state index is 0.0415. The van der Waals surface area contributed by atoms with Gasteiger partial charge in [0, 0.05) is 31.1 Å². The first-order chi connectivity index (χ1) is 14.7. The molecule has 1 aromatic heterocycles. The van der Waals surface area contributed by atoms with Crippen molar-refractivity contribution >= 4 is 38.2 Å². The van der Waals surface area contributed by atoms with Crippen LogP contribution in [0.15, 0.2) is 35.2 Å². The van der Waals surface area contributed by atoms with Crippen molar-refractivity contribution in [1.29, 1.82) is 0 Å². The Morgan fingerprint density at radius 3 is 2.39 bits per heavy atom. The van der Waals surface area contributed by atoms with Gasteiger partial charge in [-0.3, -0.25) is 9.69 Å². The van der Waals surface area contributed by atoms with E-state index in [1.165, 1.54) is 34.9 Å². The quantitative estimate of drug-likeness (QED) is 0.625. The monoisotopic (exact) mass is 469 g/mol. The number of hydrogen-bond donors (Lipinski definition) is 1. The van der Waals surface area contributed by atoms with Gasteiger partial charge in [0.1, 0.15) is 10.8 Å². The molecule has 0 aliphatic carbocycles. The van der Waals surface area contributed by atoms with E-state index in [4.69, 9.17) is 4.74 Å². The highest BCUT2D eigenvalue weighted by atomic mass is 32.2. The Bertz CT molecular complexity index is 1050. The van der Waals surface area contributed by atoms with Crippen LogP contribution in [0.4, 0.5) is 9.39 Å². The Hall–Kier alpha value is -2.34. The number of carbonyl (C=O) groups excluding carboxylic acids is 2. The third kappa shape index (κ3) is 5.48. The van der Waals surface area contributed by atoms with Crippen LogP contribution in [0.2, 0.25) is 0 Å². The molecule has 1 aliphatic rings. The van der Waals surface area contributed by atoms with E-state index in [2.05, 4.69) is 5.32 Å². The normalized spacial score (nSPS) is 15.6. The van der Waals surface area contributed by atoms with Crippen molar-refractivity contribution in [3.63, 3.8) is 0 Å². The summed E-state index contributed by atoms with van der Waals surface area (Å²) in [5.41, 5.74) is 0.327. The summed E-state index contributed by atoms with van der Waals surface area (Å²) in [7, 11) is -2.42. The third-order valence-electron chi connectivity index (χ3n) is 4.94. The number of anilines is 1. The molecule has 0 saturated carbocycles. The van der Waals surface area contributed by atoms with Gasteiger partial charge in [0.05, 0.1) is 24.1 Å². The fourth-order valence-electron chi connectivity index (χ4n) is 3.22. The minimum Gasteiger partial charge on any atom is -0.465 e. The van der Waals surface area contributed by atoms with Gasteiger partial charge >= 0.3 is 5.97 Å². The summed E-state index contributed by atoms with van der Waals surface area (Å²) < 4.78 is 44.6. The molecule has 1 aliphatic heterocycles. The van der Waals surface area contributed by atoms with E-state index in [9.17, 15) is 22.4 Å². The van der Waals surface area contributed by atoms with Crippen molar-refractivity contribution in [3.05, 3.63) is 46.6 Å². The average Bonchev–Trinajstić information content (AvgIpc) is 3.16. The Morgan fingerprint density at radius 1 is 1.16 bits per heavy atom. The summed E-state index contributed by atoms with van der Waals surface area (Å²) in [4.78, 5) is 27.3. The number of hydrogen-bond acceptors (Lipinski definition) is 7. The van der Waals surface area contributed by atoms with Crippen molar-refractivity contribution in [2.24, 2.45) is 0 Å². The molecule has 2 aromatic rings. The smallest absolute Gasteiger partial charge is 0.340 e. The molecule has 168 valence electrons.